The van der Waals surface area contributed by atoms with E-state index in [0.29, 0.717) is 10.4 Å². The van der Waals surface area contributed by atoms with E-state index in [4.69, 9.17) is 0 Å². The van der Waals surface area contributed by atoms with Crippen molar-refractivity contribution in [3.8, 4) is 0 Å². The molecule has 3 rings (SSSR count). The van der Waals surface area contributed by atoms with Crippen LogP contribution in [0.25, 0.3) is 0 Å². The summed E-state index contributed by atoms with van der Waals surface area (Å²) in [6.45, 7) is 6.73. The van der Waals surface area contributed by atoms with E-state index >= 15 is 0 Å². The average Bonchev–Trinajstić information content (AvgIpc) is 2.63. The number of benzene rings is 2. The zero-order chi connectivity index (χ0) is 18.8. The second-order valence-corrected chi connectivity index (χ2v) is 14.5. The Morgan fingerprint density at radius 1 is 0.923 bits per heavy atom. The molecule has 1 saturated carbocycles. The lowest BCUT2D eigenvalue weighted by Gasteiger charge is -2.41. The standard InChI is InChI=1S/C21H29NO2SSi/c1-17-13-15-18(16-14-17)25(23,24)22-20-11-7-8-12-21(20)26(2,3)19-9-5-4-6-10-19/h4-6,9-10,13-16,20-22H,7-8,11-12H2,1-3H3/t20-,21-/m1/s1. The second-order valence-electron chi connectivity index (χ2n) is 8.02. The fourth-order valence-corrected chi connectivity index (χ4v) is 9.30. The van der Waals surface area contributed by atoms with E-state index in [9.17, 15) is 8.42 Å². The lowest BCUT2D eigenvalue weighted by Crippen LogP contribution is -2.55. The molecule has 0 saturated heterocycles. The van der Waals surface area contributed by atoms with Crippen molar-refractivity contribution in [2.24, 2.45) is 0 Å². The Labute approximate surface area is 158 Å². The summed E-state index contributed by atoms with van der Waals surface area (Å²) in [6, 6.07) is 17.8. The van der Waals surface area contributed by atoms with Gasteiger partial charge >= 0.3 is 0 Å². The minimum atomic E-state index is -3.48. The normalized spacial score (nSPS) is 21.5. The van der Waals surface area contributed by atoms with Crippen molar-refractivity contribution < 1.29 is 8.42 Å². The highest BCUT2D eigenvalue weighted by Gasteiger charge is 2.41. The highest BCUT2D eigenvalue weighted by Crippen LogP contribution is 2.38. The molecule has 140 valence electrons. The zero-order valence-corrected chi connectivity index (χ0v) is 17.7. The van der Waals surface area contributed by atoms with Gasteiger partial charge < -0.3 is 0 Å². The van der Waals surface area contributed by atoms with Crippen molar-refractivity contribution in [3.63, 3.8) is 0 Å². The lowest BCUT2D eigenvalue weighted by molar-refractivity contribution is 0.404. The first-order valence-corrected chi connectivity index (χ1v) is 14.0. The van der Waals surface area contributed by atoms with Crippen LogP contribution in [0.5, 0.6) is 0 Å². The van der Waals surface area contributed by atoms with Crippen LogP contribution >= 0.6 is 0 Å². The number of nitrogens with one attached hydrogen (secondary N) is 1. The molecule has 2 aromatic rings. The van der Waals surface area contributed by atoms with Crippen LogP contribution in [0.1, 0.15) is 31.2 Å². The van der Waals surface area contributed by atoms with Gasteiger partial charge in [0.25, 0.3) is 0 Å². The molecule has 1 fully saturated rings. The molecule has 0 radical (unpaired) electrons. The van der Waals surface area contributed by atoms with Crippen LogP contribution < -0.4 is 9.91 Å². The van der Waals surface area contributed by atoms with Crippen molar-refractivity contribution >= 4 is 23.3 Å². The van der Waals surface area contributed by atoms with Gasteiger partial charge in [0.15, 0.2) is 0 Å². The molecule has 1 aliphatic carbocycles. The minimum Gasteiger partial charge on any atom is -0.208 e. The van der Waals surface area contributed by atoms with Gasteiger partial charge in [-0.15, -0.1) is 0 Å². The van der Waals surface area contributed by atoms with Crippen LogP contribution in [0, 0.1) is 6.92 Å². The molecule has 0 heterocycles. The molecule has 1 aliphatic rings. The summed E-state index contributed by atoms with van der Waals surface area (Å²) in [5.74, 6) is 0. The number of rotatable bonds is 5. The molecule has 5 heteroatoms. The maximum atomic E-state index is 12.9. The molecule has 0 amide bonds. The van der Waals surface area contributed by atoms with E-state index in [1.165, 1.54) is 11.6 Å². The first kappa shape index (κ1) is 19.3. The van der Waals surface area contributed by atoms with Crippen LogP contribution in [0.15, 0.2) is 59.5 Å². The van der Waals surface area contributed by atoms with Gasteiger partial charge in [-0.2, -0.15) is 0 Å². The third kappa shape index (κ3) is 4.11. The van der Waals surface area contributed by atoms with E-state index in [1.807, 2.05) is 25.1 Å². The van der Waals surface area contributed by atoms with Gasteiger partial charge in [-0.05, 0) is 31.0 Å². The zero-order valence-electron chi connectivity index (χ0n) is 15.9. The summed E-state index contributed by atoms with van der Waals surface area (Å²) in [6.07, 6.45) is 4.32. The second kappa shape index (κ2) is 7.67. The van der Waals surface area contributed by atoms with Gasteiger partial charge in [-0.25, -0.2) is 13.1 Å². The maximum absolute atomic E-state index is 12.9. The van der Waals surface area contributed by atoms with Gasteiger partial charge in [0.1, 0.15) is 0 Å². The number of hydrogen-bond donors (Lipinski definition) is 1. The predicted octanol–water partition coefficient (Wildman–Crippen LogP) is 4.20. The molecule has 0 aliphatic heterocycles. The molecule has 1 N–H and O–H groups in total. The Balaban J connectivity index is 1.86. The highest BCUT2D eigenvalue weighted by atomic mass is 32.2. The van der Waals surface area contributed by atoms with Gasteiger partial charge in [0.05, 0.1) is 13.0 Å². The van der Waals surface area contributed by atoms with E-state index in [2.05, 4.69) is 42.1 Å². The van der Waals surface area contributed by atoms with Crippen molar-refractivity contribution in [1.29, 1.82) is 0 Å². The van der Waals surface area contributed by atoms with Crippen molar-refractivity contribution in [3.05, 3.63) is 60.2 Å². The van der Waals surface area contributed by atoms with Crippen LogP contribution in [0.3, 0.4) is 0 Å². The third-order valence-corrected chi connectivity index (χ3v) is 11.7. The summed E-state index contributed by atoms with van der Waals surface area (Å²) in [4.78, 5) is 0.367. The molecule has 3 nitrogen and oxygen atoms in total. The van der Waals surface area contributed by atoms with Crippen molar-refractivity contribution in [1.82, 2.24) is 4.72 Å². The Morgan fingerprint density at radius 2 is 1.54 bits per heavy atom. The quantitative estimate of drug-likeness (QED) is 0.782. The summed E-state index contributed by atoms with van der Waals surface area (Å²) < 4.78 is 28.9. The van der Waals surface area contributed by atoms with E-state index in [1.54, 1.807) is 12.1 Å². The first-order valence-electron chi connectivity index (χ1n) is 9.45. The molecule has 2 aromatic carbocycles. The van der Waals surface area contributed by atoms with Gasteiger partial charge in [-0.1, -0.05) is 85.6 Å². The topological polar surface area (TPSA) is 46.2 Å². The summed E-state index contributed by atoms with van der Waals surface area (Å²) in [5.41, 5.74) is 1.48. The molecule has 0 bridgehead atoms. The molecular formula is C21H29NO2SSi. The smallest absolute Gasteiger partial charge is 0.208 e. The average molecular weight is 388 g/mol. The molecule has 0 unspecified atom stereocenters. The van der Waals surface area contributed by atoms with Crippen LogP contribution in [0.4, 0.5) is 0 Å². The van der Waals surface area contributed by atoms with Crippen LogP contribution in [0.2, 0.25) is 18.6 Å². The Bertz CT molecular complexity index is 832. The maximum Gasteiger partial charge on any atom is 0.240 e. The van der Waals surface area contributed by atoms with E-state index < -0.39 is 18.1 Å². The van der Waals surface area contributed by atoms with Crippen molar-refractivity contribution in [2.75, 3.05) is 0 Å². The van der Waals surface area contributed by atoms with E-state index in [-0.39, 0.29) is 6.04 Å². The fourth-order valence-electron chi connectivity index (χ4n) is 4.20. The number of aryl methyl sites for hydroxylation is 1. The lowest BCUT2D eigenvalue weighted by atomic mass is 9.95. The van der Waals surface area contributed by atoms with Crippen molar-refractivity contribution in [2.45, 2.75) is 62.2 Å². The molecule has 0 aromatic heterocycles. The number of sulfonamides is 1. The van der Waals surface area contributed by atoms with Crippen LogP contribution in [-0.2, 0) is 10.0 Å². The summed E-state index contributed by atoms with van der Waals surface area (Å²) in [7, 11) is -5.26. The predicted molar refractivity (Wildman–Crippen MR) is 111 cm³/mol. The SMILES string of the molecule is Cc1ccc(S(=O)(=O)N[C@@H]2CCCC[C@H]2[Si](C)(C)c2ccccc2)cc1. The third-order valence-electron chi connectivity index (χ3n) is 5.85. The highest BCUT2D eigenvalue weighted by molar-refractivity contribution is 7.89. The Morgan fingerprint density at radius 3 is 2.19 bits per heavy atom. The first-order chi connectivity index (χ1) is 12.3. The Kier molecular flexibility index (Phi) is 5.70. The number of hydrogen-bond acceptors (Lipinski definition) is 2. The molecular weight excluding hydrogens is 358 g/mol. The van der Waals surface area contributed by atoms with Gasteiger partial charge in [-0.3, -0.25) is 0 Å². The minimum absolute atomic E-state index is 0.0249. The Hall–Kier alpha value is -1.43. The molecule has 2 atom stereocenters. The molecule has 0 spiro atoms. The largest absolute Gasteiger partial charge is 0.240 e. The van der Waals surface area contributed by atoms with Gasteiger partial charge in [0.2, 0.25) is 10.0 Å². The monoisotopic (exact) mass is 387 g/mol. The van der Waals surface area contributed by atoms with Crippen LogP contribution in [-0.4, -0.2) is 22.5 Å². The summed E-state index contributed by atoms with van der Waals surface area (Å²) in [5, 5.41) is 1.41. The fraction of sp³-hybridized carbons (Fsp3) is 0.429. The molecule has 26 heavy (non-hydrogen) atoms. The van der Waals surface area contributed by atoms with Gasteiger partial charge in [0, 0.05) is 6.04 Å². The summed E-state index contributed by atoms with van der Waals surface area (Å²) >= 11 is 0. The van der Waals surface area contributed by atoms with E-state index in [0.717, 1.165) is 24.8 Å².